The quantitative estimate of drug-likeness (QED) is 0.611. The van der Waals surface area contributed by atoms with Crippen molar-refractivity contribution in [1.29, 1.82) is 0 Å². The highest BCUT2D eigenvalue weighted by Gasteiger charge is 2.11. The van der Waals surface area contributed by atoms with Gasteiger partial charge in [-0.2, -0.15) is 0 Å². The molecule has 16 heavy (non-hydrogen) atoms. The van der Waals surface area contributed by atoms with Crippen LogP contribution in [0.5, 0.6) is 0 Å². The standard InChI is InChI=1S/C13H17O2P/c1-8-11(4-6-14)9(2)13(16)10(3)12(8)5-7-15/h4-7,14-15H,16H2,1-3H3/b6-4+,7-5+. The van der Waals surface area contributed by atoms with E-state index in [0.29, 0.717) is 0 Å². The zero-order valence-electron chi connectivity index (χ0n) is 9.78. The second kappa shape index (κ2) is 5.18. The van der Waals surface area contributed by atoms with Gasteiger partial charge in [-0.05, 0) is 66.0 Å². The highest BCUT2D eigenvalue weighted by Crippen LogP contribution is 2.24. The molecule has 0 heterocycles. The van der Waals surface area contributed by atoms with Gasteiger partial charge in [0.1, 0.15) is 0 Å². The van der Waals surface area contributed by atoms with E-state index in [-0.39, 0.29) is 0 Å². The van der Waals surface area contributed by atoms with Gasteiger partial charge in [0, 0.05) is 0 Å². The monoisotopic (exact) mass is 236 g/mol. The lowest BCUT2D eigenvalue weighted by Gasteiger charge is -2.16. The van der Waals surface area contributed by atoms with E-state index in [1.165, 1.54) is 0 Å². The Balaban J connectivity index is 3.65. The van der Waals surface area contributed by atoms with Crippen LogP contribution in [-0.4, -0.2) is 10.2 Å². The molecular weight excluding hydrogens is 219 g/mol. The molecule has 1 rings (SSSR count). The Morgan fingerprint density at radius 3 is 1.50 bits per heavy atom. The van der Waals surface area contributed by atoms with Crippen LogP contribution in [0.15, 0.2) is 12.5 Å². The molecule has 1 unspecified atom stereocenters. The lowest BCUT2D eigenvalue weighted by Crippen LogP contribution is -2.09. The van der Waals surface area contributed by atoms with E-state index in [1.54, 1.807) is 12.2 Å². The summed E-state index contributed by atoms with van der Waals surface area (Å²) >= 11 is 0. The third-order valence-corrected chi connectivity index (χ3v) is 3.77. The van der Waals surface area contributed by atoms with Crippen LogP contribution < -0.4 is 5.30 Å². The number of hydrogen-bond acceptors (Lipinski definition) is 2. The number of benzene rings is 1. The summed E-state index contributed by atoms with van der Waals surface area (Å²) in [5, 5.41) is 18.9. The maximum atomic E-state index is 8.89. The Labute approximate surface area is 98.5 Å². The fourth-order valence-electron chi connectivity index (χ4n) is 1.93. The van der Waals surface area contributed by atoms with E-state index in [4.69, 9.17) is 10.2 Å². The Hall–Kier alpha value is -1.27. The highest BCUT2D eigenvalue weighted by atomic mass is 31.0. The molecule has 0 radical (unpaired) electrons. The van der Waals surface area contributed by atoms with E-state index in [1.807, 2.05) is 20.8 Å². The number of hydrogen-bond donors (Lipinski definition) is 2. The van der Waals surface area contributed by atoms with Crippen molar-refractivity contribution in [2.24, 2.45) is 0 Å². The molecule has 0 amide bonds. The van der Waals surface area contributed by atoms with Crippen LogP contribution in [0.3, 0.4) is 0 Å². The van der Waals surface area contributed by atoms with Gasteiger partial charge in [0.05, 0.1) is 12.5 Å². The van der Waals surface area contributed by atoms with Crippen molar-refractivity contribution in [1.82, 2.24) is 0 Å². The van der Waals surface area contributed by atoms with Crippen LogP contribution in [0.1, 0.15) is 27.8 Å². The Bertz CT molecular complexity index is 420. The van der Waals surface area contributed by atoms with Gasteiger partial charge in [-0.15, -0.1) is 9.24 Å². The molecule has 3 heteroatoms. The fraction of sp³-hybridized carbons (Fsp3) is 0.231. The first-order valence-corrected chi connectivity index (χ1v) is 5.63. The van der Waals surface area contributed by atoms with Gasteiger partial charge in [-0.3, -0.25) is 0 Å². The Kier molecular flexibility index (Phi) is 4.14. The lowest BCUT2D eigenvalue weighted by atomic mass is 9.93. The summed E-state index contributed by atoms with van der Waals surface area (Å²) in [7, 11) is 2.70. The molecule has 0 saturated heterocycles. The molecule has 0 aliphatic rings. The van der Waals surface area contributed by atoms with Gasteiger partial charge < -0.3 is 10.2 Å². The van der Waals surface area contributed by atoms with E-state index >= 15 is 0 Å². The molecule has 0 aliphatic heterocycles. The molecule has 2 nitrogen and oxygen atoms in total. The number of aliphatic hydroxyl groups is 2. The molecule has 1 aromatic rings. The molecule has 0 bridgehead atoms. The summed E-state index contributed by atoms with van der Waals surface area (Å²) < 4.78 is 0. The summed E-state index contributed by atoms with van der Waals surface area (Å²) in [6.45, 7) is 6.02. The van der Waals surface area contributed by atoms with Crippen molar-refractivity contribution < 1.29 is 10.2 Å². The third kappa shape index (κ3) is 2.12. The van der Waals surface area contributed by atoms with Gasteiger partial charge in [-0.1, -0.05) is 0 Å². The van der Waals surface area contributed by atoms with Crippen molar-refractivity contribution in [3.63, 3.8) is 0 Å². The second-order valence-electron chi connectivity index (χ2n) is 3.75. The second-order valence-corrected chi connectivity index (χ2v) is 4.32. The molecule has 1 atom stereocenters. The maximum absolute atomic E-state index is 8.89. The van der Waals surface area contributed by atoms with E-state index in [0.717, 1.165) is 45.6 Å². The van der Waals surface area contributed by atoms with Gasteiger partial charge in [-0.25, -0.2) is 0 Å². The summed E-state index contributed by atoms with van der Waals surface area (Å²) in [6.07, 6.45) is 5.43. The number of aliphatic hydroxyl groups excluding tert-OH is 2. The molecule has 0 aliphatic carbocycles. The molecule has 0 aromatic heterocycles. The van der Waals surface area contributed by atoms with Crippen LogP contribution in [0.25, 0.3) is 12.2 Å². The minimum Gasteiger partial charge on any atom is -0.516 e. The van der Waals surface area contributed by atoms with E-state index in [2.05, 4.69) is 9.24 Å². The van der Waals surface area contributed by atoms with Gasteiger partial charge >= 0.3 is 0 Å². The summed E-state index contributed by atoms with van der Waals surface area (Å²) in [5.41, 5.74) is 5.29. The summed E-state index contributed by atoms with van der Waals surface area (Å²) in [5.74, 6) is 0. The highest BCUT2D eigenvalue weighted by molar-refractivity contribution is 7.27. The van der Waals surface area contributed by atoms with Gasteiger partial charge in [0.25, 0.3) is 0 Å². The van der Waals surface area contributed by atoms with Crippen molar-refractivity contribution in [2.75, 3.05) is 0 Å². The average molecular weight is 236 g/mol. The third-order valence-electron chi connectivity index (χ3n) is 2.91. The van der Waals surface area contributed by atoms with Crippen LogP contribution in [0, 0.1) is 20.8 Å². The minimum atomic E-state index is 0.992. The Morgan fingerprint density at radius 1 is 0.812 bits per heavy atom. The van der Waals surface area contributed by atoms with Gasteiger partial charge in [0.15, 0.2) is 0 Å². The molecule has 1 aromatic carbocycles. The number of rotatable bonds is 2. The van der Waals surface area contributed by atoms with Crippen LogP contribution in [0.2, 0.25) is 0 Å². The largest absolute Gasteiger partial charge is 0.516 e. The van der Waals surface area contributed by atoms with Crippen LogP contribution >= 0.6 is 9.24 Å². The van der Waals surface area contributed by atoms with E-state index < -0.39 is 0 Å². The lowest BCUT2D eigenvalue weighted by molar-refractivity contribution is 0.478. The van der Waals surface area contributed by atoms with E-state index in [9.17, 15) is 0 Å². The Morgan fingerprint density at radius 2 is 1.19 bits per heavy atom. The molecule has 86 valence electrons. The van der Waals surface area contributed by atoms with Crippen molar-refractivity contribution >= 4 is 26.7 Å². The minimum absolute atomic E-state index is 0.992. The van der Waals surface area contributed by atoms with Crippen molar-refractivity contribution in [2.45, 2.75) is 20.8 Å². The predicted octanol–water partition coefficient (Wildman–Crippen LogP) is 3.17. The molecule has 0 fully saturated rings. The molecular formula is C13H17O2P. The van der Waals surface area contributed by atoms with Crippen molar-refractivity contribution in [3.8, 4) is 0 Å². The SMILES string of the molecule is Cc1c(P)c(C)c(/C=C/O)c(C)c1/C=C/O. The van der Waals surface area contributed by atoms with Crippen LogP contribution in [0.4, 0.5) is 0 Å². The first-order valence-electron chi connectivity index (χ1n) is 5.05. The molecule has 2 N–H and O–H groups in total. The average Bonchev–Trinajstić information content (AvgIpc) is 2.28. The topological polar surface area (TPSA) is 40.5 Å². The zero-order valence-corrected chi connectivity index (χ0v) is 10.9. The first kappa shape index (κ1) is 12.8. The molecule has 0 spiro atoms. The summed E-state index contributed by atoms with van der Waals surface area (Å²) in [4.78, 5) is 0. The predicted molar refractivity (Wildman–Crippen MR) is 73.3 cm³/mol. The normalized spacial score (nSPS) is 11.8. The summed E-state index contributed by atoms with van der Waals surface area (Å²) in [6, 6.07) is 0. The van der Waals surface area contributed by atoms with Crippen molar-refractivity contribution in [3.05, 3.63) is 40.3 Å². The zero-order chi connectivity index (χ0) is 12.3. The first-order chi connectivity index (χ1) is 7.54. The fourth-order valence-corrected chi connectivity index (χ4v) is 2.24. The smallest absolute Gasteiger partial charge is 0.0797 e. The van der Waals surface area contributed by atoms with Gasteiger partial charge in [0.2, 0.25) is 0 Å². The maximum Gasteiger partial charge on any atom is 0.0797 e. The molecule has 0 saturated carbocycles. The van der Waals surface area contributed by atoms with Crippen LogP contribution in [-0.2, 0) is 0 Å².